The van der Waals surface area contributed by atoms with Crippen LogP contribution in [0, 0.1) is 5.41 Å². The van der Waals surface area contributed by atoms with Gasteiger partial charge in [-0.2, -0.15) is 0 Å². The topological polar surface area (TPSA) is 41.1 Å². The molecule has 0 aromatic heterocycles. The first kappa shape index (κ1) is 17.7. The van der Waals surface area contributed by atoms with Gasteiger partial charge in [0.15, 0.2) is 0 Å². The van der Waals surface area contributed by atoms with Crippen molar-refractivity contribution in [2.24, 2.45) is 5.41 Å². The quantitative estimate of drug-likeness (QED) is 0.875. The van der Waals surface area contributed by atoms with E-state index in [4.69, 9.17) is 0 Å². The number of carbonyl (C=O) groups excluding carboxylic acids is 1. The first-order chi connectivity index (χ1) is 9.60. The standard InChI is InChI=1S/C18H30N2O/c1-13(17(2,3)4)20-16(21)15(19-7)18(5,6)14-11-9-8-10-12-14/h8-13,15,19H,1-7H3,(H,20,21)/t13?,15-/m1/s1. The van der Waals surface area contributed by atoms with Crippen molar-refractivity contribution in [3.63, 3.8) is 0 Å². The van der Waals surface area contributed by atoms with Gasteiger partial charge in [-0.3, -0.25) is 4.79 Å². The maximum Gasteiger partial charge on any atom is 0.238 e. The molecule has 0 aliphatic heterocycles. The molecule has 1 aromatic rings. The summed E-state index contributed by atoms with van der Waals surface area (Å²) >= 11 is 0. The minimum Gasteiger partial charge on any atom is -0.352 e. The monoisotopic (exact) mass is 290 g/mol. The maximum absolute atomic E-state index is 12.7. The second-order valence-electron chi connectivity index (χ2n) is 7.41. The SMILES string of the molecule is CN[C@H](C(=O)NC(C)C(C)(C)C)C(C)(C)c1ccccc1. The fraction of sp³-hybridized carbons (Fsp3) is 0.611. The molecular formula is C18H30N2O. The van der Waals surface area contributed by atoms with Crippen molar-refractivity contribution in [2.45, 2.75) is 59.0 Å². The van der Waals surface area contributed by atoms with Crippen LogP contribution in [0.2, 0.25) is 0 Å². The minimum absolute atomic E-state index is 0.0465. The van der Waals surface area contributed by atoms with E-state index >= 15 is 0 Å². The number of nitrogens with one attached hydrogen (secondary N) is 2. The molecular weight excluding hydrogens is 260 g/mol. The second kappa shape index (κ2) is 6.61. The molecule has 2 N–H and O–H groups in total. The average Bonchev–Trinajstić information content (AvgIpc) is 2.39. The Morgan fingerprint density at radius 3 is 2.00 bits per heavy atom. The van der Waals surface area contributed by atoms with E-state index < -0.39 is 0 Å². The van der Waals surface area contributed by atoms with E-state index in [1.54, 1.807) is 0 Å². The van der Waals surface area contributed by atoms with Crippen LogP contribution in [0.25, 0.3) is 0 Å². The van der Waals surface area contributed by atoms with E-state index in [2.05, 4.69) is 64.3 Å². The van der Waals surface area contributed by atoms with E-state index in [1.807, 2.05) is 25.2 Å². The smallest absolute Gasteiger partial charge is 0.238 e. The summed E-state index contributed by atoms with van der Waals surface area (Å²) in [7, 11) is 1.84. The Morgan fingerprint density at radius 2 is 1.57 bits per heavy atom. The molecule has 1 amide bonds. The highest BCUT2D eigenvalue weighted by atomic mass is 16.2. The second-order valence-corrected chi connectivity index (χ2v) is 7.41. The molecule has 21 heavy (non-hydrogen) atoms. The van der Waals surface area contributed by atoms with Gasteiger partial charge in [-0.05, 0) is 24.9 Å². The minimum atomic E-state index is -0.280. The zero-order chi connectivity index (χ0) is 16.3. The Kier molecular flexibility index (Phi) is 5.57. The normalized spacial score (nSPS) is 15.4. The number of amides is 1. The Bertz CT molecular complexity index is 460. The maximum atomic E-state index is 12.7. The molecule has 1 unspecified atom stereocenters. The molecule has 0 radical (unpaired) electrons. The summed E-state index contributed by atoms with van der Waals surface area (Å²) in [6, 6.07) is 10.0. The molecule has 0 heterocycles. The molecule has 3 nitrogen and oxygen atoms in total. The molecule has 1 aromatic carbocycles. The van der Waals surface area contributed by atoms with E-state index in [0.29, 0.717) is 0 Å². The van der Waals surface area contributed by atoms with Crippen molar-refractivity contribution in [2.75, 3.05) is 7.05 Å². The molecule has 3 heteroatoms. The van der Waals surface area contributed by atoms with Crippen LogP contribution in [0.15, 0.2) is 30.3 Å². The highest BCUT2D eigenvalue weighted by Crippen LogP contribution is 2.28. The zero-order valence-electron chi connectivity index (χ0n) is 14.4. The summed E-state index contributed by atoms with van der Waals surface area (Å²) in [5.74, 6) is 0.0498. The van der Waals surface area contributed by atoms with Crippen LogP contribution in [0.4, 0.5) is 0 Å². The van der Waals surface area contributed by atoms with Gasteiger partial charge in [-0.15, -0.1) is 0 Å². The molecule has 0 bridgehead atoms. The fourth-order valence-electron chi connectivity index (χ4n) is 2.37. The Morgan fingerprint density at radius 1 is 1.05 bits per heavy atom. The van der Waals surface area contributed by atoms with Crippen molar-refractivity contribution >= 4 is 5.91 Å². The summed E-state index contributed by atoms with van der Waals surface area (Å²) in [6.45, 7) is 12.7. The fourth-order valence-corrected chi connectivity index (χ4v) is 2.37. The molecule has 1 rings (SSSR count). The van der Waals surface area contributed by atoms with Crippen LogP contribution in [-0.2, 0) is 10.2 Å². The molecule has 0 saturated heterocycles. The lowest BCUT2D eigenvalue weighted by atomic mass is 9.77. The summed E-state index contributed by atoms with van der Waals surface area (Å²) in [6.07, 6.45) is 0. The van der Waals surface area contributed by atoms with Crippen LogP contribution in [0.5, 0.6) is 0 Å². The first-order valence-corrected chi connectivity index (χ1v) is 7.64. The third-order valence-electron chi connectivity index (χ3n) is 4.45. The average molecular weight is 290 g/mol. The Hall–Kier alpha value is -1.35. The lowest BCUT2D eigenvalue weighted by molar-refractivity contribution is -0.125. The molecule has 2 atom stereocenters. The Labute approximate surface area is 129 Å². The number of rotatable bonds is 5. The van der Waals surface area contributed by atoms with Crippen molar-refractivity contribution in [1.29, 1.82) is 0 Å². The summed E-state index contributed by atoms with van der Waals surface area (Å²) < 4.78 is 0. The zero-order valence-corrected chi connectivity index (χ0v) is 14.4. The van der Waals surface area contributed by atoms with Crippen LogP contribution < -0.4 is 10.6 Å². The molecule has 0 saturated carbocycles. The van der Waals surface area contributed by atoms with Crippen molar-refractivity contribution in [3.8, 4) is 0 Å². The molecule has 0 aliphatic rings. The first-order valence-electron chi connectivity index (χ1n) is 7.64. The van der Waals surface area contributed by atoms with E-state index in [0.717, 1.165) is 5.56 Å². The van der Waals surface area contributed by atoms with Gasteiger partial charge >= 0.3 is 0 Å². The number of carbonyl (C=O) groups is 1. The number of likely N-dealkylation sites (N-methyl/N-ethyl adjacent to an activating group) is 1. The van der Waals surface area contributed by atoms with E-state index in [-0.39, 0.29) is 28.8 Å². The molecule has 0 fully saturated rings. The van der Waals surface area contributed by atoms with Crippen LogP contribution in [0.1, 0.15) is 47.1 Å². The molecule has 0 spiro atoms. The van der Waals surface area contributed by atoms with Crippen LogP contribution in [0.3, 0.4) is 0 Å². The summed E-state index contributed by atoms with van der Waals surface area (Å²) in [5.41, 5.74) is 0.922. The summed E-state index contributed by atoms with van der Waals surface area (Å²) in [4.78, 5) is 12.7. The third kappa shape index (κ3) is 4.31. The van der Waals surface area contributed by atoms with E-state index in [9.17, 15) is 4.79 Å². The van der Waals surface area contributed by atoms with Crippen LogP contribution in [-0.4, -0.2) is 25.0 Å². The van der Waals surface area contributed by atoms with Crippen LogP contribution >= 0.6 is 0 Å². The molecule has 0 aliphatic carbocycles. The number of hydrogen-bond acceptors (Lipinski definition) is 2. The lowest BCUT2D eigenvalue weighted by Crippen LogP contribution is -2.56. The van der Waals surface area contributed by atoms with Gasteiger partial charge in [0.25, 0.3) is 0 Å². The summed E-state index contributed by atoms with van der Waals surface area (Å²) in [5, 5.41) is 6.33. The predicted molar refractivity (Wildman–Crippen MR) is 89.4 cm³/mol. The highest BCUT2D eigenvalue weighted by Gasteiger charge is 2.36. The number of benzene rings is 1. The Balaban J connectivity index is 2.94. The largest absolute Gasteiger partial charge is 0.352 e. The van der Waals surface area contributed by atoms with Crippen molar-refractivity contribution in [3.05, 3.63) is 35.9 Å². The van der Waals surface area contributed by atoms with Gasteiger partial charge in [0.2, 0.25) is 5.91 Å². The van der Waals surface area contributed by atoms with Gasteiger partial charge in [0.05, 0.1) is 6.04 Å². The van der Waals surface area contributed by atoms with Crippen molar-refractivity contribution < 1.29 is 4.79 Å². The van der Waals surface area contributed by atoms with Gasteiger partial charge < -0.3 is 10.6 Å². The highest BCUT2D eigenvalue weighted by molar-refractivity contribution is 5.84. The molecule has 118 valence electrons. The predicted octanol–water partition coefficient (Wildman–Crippen LogP) is 3.10. The lowest BCUT2D eigenvalue weighted by Gasteiger charge is -2.36. The van der Waals surface area contributed by atoms with E-state index in [1.165, 1.54) is 0 Å². The number of hydrogen-bond donors (Lipinski definition) is 2. The van der Waals surface area contributed by atoms with Crippen molar-refractivity contribution in [1.82, 2.24) is 10.6 Å². The van der Waals surface area contributed by atoms with Gasteiger partial charge in [-0.25, -0.2) is 0 Å². The van der Waals surface area contributed by atoms with Gasteiger partial charge in [0.1, 0.15) is 0 Å². The van der Waals surface area contributed by atoms with Gasteiger partial charge in [0, 0.05) is 11.5 Å². The third-order valence-corrected chi connectivity index (χ3v) is 4.45. The van der Waals surface area contributed by atoms with Gasteiger partial charge in [-0.1, -0.05) is 65.0 Å².